The second-order valence-electron chi connectivity index (χ2n) is 23.7. The number of ether oxygens (including phenoxy) is 4. The lowest BCUT2D eigenvalue weighted by molar-refractivity contribution is -0.163. The highest BCUT2D eigenvalue weighted by Crippen LogP contribution is 2.39. The third kappa shape index (κ3) is 14.2. The Bertz CT molecular complexity index is 3780. The summed E-state index contributed by atoms with van der Waals surface area (Å²) in [5, 5.41) is 61.7. The van der Waals surface area contributed by atoms with Crippen molar-refractivity contribution in [3.63, 3.8) is 0 Å². The molecule has 0 saturated carbocycles. The lowest BCUT2D eigenvalue weighted by Crippen LogP contribution is -2.31. The fourth-order valence-corrected chi connectivity index (χ4v) is 9.48. The van der Waals surface area contributed by atoms with Gasteiger partial charge in [0, 0.05) is 36.0 Å². The Morgan fingerprint density at radius 2 is 0.747 bits per heavy atom. The van der Waals surface area contributed by atoms with E-state index in [1.54, 1.807) is 18.2 Å². The number of hydrogen-bond acceptors (Lipinski definition) is 17. The van der Waals surface area contributed by atoms with E-state index in [9.17, 15) is 34.5 Å². The summed E-state index contributed by atoms with van der Waals surface area (Å²) in [6.07, 6.45) is -0.810. The van der Waals surface area contributed by atoms with E-state index in [2.05, 4.69) is 30.6 Å². The molecule has 3 N–H and O–H groups in total. The predicted molar refractivity (Wildman–Crippen MR) is 310 cm³/mol. The van der Waals surface area contributed by atoms with E-state index in [4.69, 9.17) is 18.9 Å². The minimum Gasteiger partial charge on any atom is -0.505 e. The fourth-order valence-electron chi connectivity index (χ4n) is 9.48. The quantitative estimate of drug-likeness (QED) is 0.0447. The van der Waals surface area contributed by atoms with E-state index in [-0.39, 0.29) is 62.4 Å². The zero-order chi connectivity index (χ0) is 59.4. The molecule has 0 radical (unpaired) electrons. The number of benzene rings is 6. The molecule has 83 heavy (non-hydrogen) atoms. The van der Waals surface area contributed by atoms with Crippen LogP contribution in [0, 0.1) is 0 Å². The molecule has 9 aromatic rings. The van der Waals surface area contributed by atoms with Crippen molar-refractivity contribution >= 4 is 56.8 Å². The molecule has 3 aromatic heterocycles. The van der Waals surface area contributed by atoms with Crippen LogP contribution in [0.15, 0.2) is 109 Å². The molecule has 9 rings (SSSR count). The van der Waals surface area contributed by atoms with Crippen LogP contribution >= 0.6 is 0 Å². The molecule has 0 spiro atoms. The third-order valence-electron chi connectivity index (χ3n) is 13.9. The smallest absolute Gasteiger partial charge is 0.306 e. The molecule has 432 valence electrons. The summed E-state index contributed by atoms with van der Waals surface area (Å²) in [5.74, 6) is -2.43. The van der Waals surface area contributed by atoms with Crippen molar-refractivity contribution in [1.29, 1.82) is 0 Å². The highest BCUT2D eigenvalue weighted by atomic mass is 16.6. The molecule has 20 nitrogen and oxygen atoms in total. The lowest BCUT2D eigenvalue weighted by atomic mass is 9.84. The Labute approximate surface area is 479 Å². The van der Waals surface area contributed by atoms with Gasteiger partial charge in [0.1, 0.15) is 80.6 Å². The first-order valence-electron chi connectivity index (χ1n) is 27.5. The molecule has 0 fully saturated rings. The van der Waals surface area contributed by atoms with Crippen LogP contribution in [0.25, 0.3) is 50.2 Å². The first-order valence-corrected chi connectivity index (χ1v) is 27.5. The number of aromatic nitrogens is 9. The van der Waals surface area contributed by atoms with Gasteiger partial charge >= 0.3 is 17.9 Å². The number of aromatic hydroxyl groups is 3. The van der Waals surface area contributed by atoms with Gasteiger partial charge in [-0.25, -0.2) is 0 Å². The van der Waals surface area contributed by atoms with Crippen molar-refractivity contribution in [3.8, 4) is 34.3 Å². The third-order valence-corrected chi connectivity index (χ3v) is 13.9. The molecular weight excluding hydrogens is 1060 g/mol. The molecule has 6 aromatic carbocycles. The monoisotopic (exact) mass is 1130 g/mol. The largest absolute Gasteiger partial charge is 0.505 e. The molecule has 1 unspecified atom stereocenters. The molecule has 0 aliphatic rings. The van der Waals surface area contributed by atoms with E-state index in [0.29, 0.717) is 72.4 Å². The maximum atomic E-state index is 13.7. The normalized spacial score (nSPS) is 12.5. The summed E-state index contributed by atoms with van der Waals surface area (Å²) in [7, 11) is 0. The van der Waals surface area contributed by atoms with E-state index >= 15 is 0 Å². The fraction of sp³-hybridized carbons (Fsp3) is 0.365. The van der Waals surface area contributed by atoms with E-state index in [0.717, 1.165) is 11.1 Å². The van der Waals surface area contributed by atoms with Gasteiger partial charge in [-0.1, -0.05) is 117 Å². The predicted octanol–water partition coefficient (Wildman–Crippen LogP) is 9.68. The number of hydrogen-bond donors (Lipinski definition) is 3. The SMILES string of the molecule is CC(C)(C)c1cc(CCC(=O)OCC(=O)COCC(COC(=O)CCc2cc(-n3nc4ccccc4n3)c(O)c(C(C)(C)C)c2)OC(=O)CCc2cc(-n3nc4ccccc4n3)c(O)c(C(C)(C)C)c2)cc(-n2nc3ccccc3n2)c1O. The Kier molecular flexibility index (Phi) is 17.1. The molecule has 3 heterocycles. The van der Waals surface area contributed by atoms with Crippen molar-refractivity contribution in [2.75, 3.05) is 26.4 Å². The number of Topliss-reactive ketones (excluding diaryl/α,β-unsaturated/α-hetero) is 1. The van der Waals surface area contributed by atoms with Crippen LogP contribution in [-0.2, 0) is 73.6 Å². The van der Waals surface area contributed by atoms with Crippen LogP contribution in [0.5, 0.6) is 17.2 Å². The minimum atomic E-state index is -1.15. The van der Waals surface area contributed by atoms with Crippen molar-refractivity contribution < 1.29 is 53.4 Å². The van der Waals surface area contributed by atoms with Gasteiger partial charge in [-0.15, -0.1) is 45.0 Å². The van der Waals surface area contributed by atoms with Gasteiger partial charge in [-0.3, -0.25) is 19.2 Å². The number of phenols is 3. The first-order chi connectivity index (χ1) is 39.4. The van der Waals surface area contributed by atoms with Gasteiger partial charge in [0.15, 0.2) is 18.5 Å². The van der Waals surface area contributed by atoms with Crippen LogP contribution in [0.1, 0.15) is 115 Å². The number of fused-ring (bicyclic) bond motifs is 3. The summed E-state index contributed by atoms with van der Waals surface area (Å²) in [4.78, 5) is 57.6. The number of ketones is 1. The molecule has 0 saturated heterocycles. The Balaban J connectivity index is 0.846. The van der Waals surface area contributed by atoms with Crippen LogP contribution in [0.2, 0.25) is 0 Å². The van der Waals surface area contributed by atoms with Crippen molar-refractivity contribution in [3.05, 3.63) is 143 Å². The second kappa shape index (κ2) is 24.2. The first kappa shape index (κ1) is 58.6. The molecule has 20 heteroatoms. The van der Waals surface area contributed by atoms with Gasteiger partial charge in [-0.2, -0.15) is 0 Å². The average molecular weight is 1130 g/mol. The lowest BCUT2D eigenvalue weighted by Gasteiger charge is -2.23. The molecule has 0 bridgehead atoms. The van der Waals surface area contributed by atoms with Gasteiger partial charge in [-0.05, 0) is 107 Å². The van der Waals surface area contributed by atoms with E-state index in [1.807, 2.05) is 153 Å². The number of phenolic OH excluding ortho intramolecular Hbond substituents is 3. The molecule has 0 aliphatic carbocycles. The average Bonchev–Trinajstić information content (AvgIpc) is 4.40. The van der Waals surface area contributed by atoms with E-state index < -0.39 is 65.9 Å². The Morgan fingerprint density at radius 1 is 0.434 bits per heavy atom. The molecule has 1 atom stereocenters. The standard InChI is InChI=1S/C63H69N9O11/c1-61(2,3)43-28-38(31-52(58(43)77)70-64-46-16-10-11-17-47(46)65-70)22-25-55(74)81-35-41(73)34-80-36-42(83-57(76)27-24-40-30-45(63(7,8)9)60(79)54(33-40)72-68-50-20-14-15-21-51(50)69-72)37-82-56(75)26-23-39-29-44(62(4,5)6)59(78)53(32-39)71-66-48-18-12-13-19-49(48)67-71/h10-21,28-33,42,77-79H,22-27,34-37H2,1-9H3. The number of carbonyl (C=O) groups is 4. The van der Waals surface area contributed by atoms with E-state index in [1.165, 1.54) is 14.4 Å². The Hall–Kier alpha value is -9.04. The van der Waals surface area contributed by atoms with Gasteiger partial charge < -0.3 is 34.3 Å². The zero-order valence-electron chi connectivity index (χ0n) is 48.2. The summed E-state index contributed by atoms with van der Waals surface area (Å²) in [6, 6.07) is 32.7. The topological polar surface area (TPSA) is 258 Å². The highest BCUT2D eigenvalue weighted by Gasteiger charge is 2.28. The summed E-state index contributed by atoms with van der Waals surface area (Å²) in [5.41, 5.74) is 7.52. The van der Waals surface area contributed by atoms with Crippen LogP contribution in [0.3, 0.4) is 0 Å². The van der Waals surface area contributed by atoms with Crippen LogP contribution in [-0.4, -0.2) is 117 Å². The number of esters is 3. The van der Waals surface area contributed by atoms with Gasteiger partial charge in [0.2, 0.25) is 0 Å². The zero-order valence-corrected chi connectivity index (χ0v) is 48.2. The molecule has 0 amide bonds. The number of carbonyl (C=O) groups excluding carboxylic acids is 4. The number of nitrogens with zero attached hydrogens (tertiary/aromatic N) is 9. The second-order valence-corrected chi connectivity index (χ2v) is 23.7. The number of rotatable bonds is 21. The molecular formula is C63H69N9O11. The molecule has 0 aliphatic heterocycles. The number of aryl methyl sites for hydroxylation is 3. The van der Waals surface area contributed by atoms with Crippen LogP contribution < -0.4 is 0 Å². The summed E-state index contributed by atoms with van der Waals surface area (Å²) >= 11 is 0. The minimum absolute atomic E-state index is 0.00719. The van der Waals surface area contributed by atoms with Crippen molar-refractivity contribution in [1.82, 2.24) is 45.0 Å². The maximum Gasteiger partial charge on any atom is 0.306 e. The van der Waals surface area contributed by atoms with Gasteiger partial charge in [0.25, 0.3) is 0 Å². The van der Waals surface area contributed by atoms with Crippen molar-refractivity contribution in [2.24, 2.45) is 0 Å². The van der Waals surface area contributed by atoms with Gasteiger partial charge in [0.05, 0.1) is 6.61 Å². The Morgan fingerprint density at radius 3 is 1.07 bits per heavy atom. The summed E-state index contributed by atoms with van der Waals surface area (Å²) in [6.45, 7) is 15.8. The highest BCUT2D eigenvalue weighted by molar-refractivity contribution is 5.83. The van der Waals surface area contributed by atoms with Crippen molar-refractivity contribution in [2.45, 2.75) is 123 Å². The maximum absolute atomic E-state index is 13.7. The van der Waals surface area contributed by atoms with Crippen LogP contribution in [0.4, 0.5) is 0 Å². The summed E-state index contributed by atoms with van der Waals surface area (Å²) < 4.78 is 22.7.